The van der Waals surface area contributed by atoms with Gasteiger partial charge in [0.1, 0.15) is 11.4 Å². The zero-order valence-corrected chi connectivity index (χ0v) is 15.1. The van der Waals surface area contributed by atoms with E-state index in [1.807, 2.05) is 4.90 Å². The van der Waals surface area contributed by atoms with Crippen LogP contribution in [-0.4, -0.2) is 66.8 Å². The maximum Gasteiger partial charge on any atom is 0.330 e. The molecule has 0 amide bonds. The molecule has 3 rings (SSSR count). The van der Waals surface area contributed by atoms with E-state index >= 15 is 0 Å². The molecule has 2 aliphatic rings. The molecule has 0 atom stereocenters. The quantitative estimate of drug-likeness (QED) is 0.648. The van der Waals surface area contributed by atoms with E-state index in [-0.39, 0.29) is 42.3 Å². The SMILES string of the molecule is COCCn1c(N)c(C(=O)CN2CCOCC3(CCC3)C2)c(=O)[nH]c1=O. The number of rotatable bonds is 6. The Morgan fingerprint density at radius 3 is 2.81 bits per heavy atom. The first kappa shape index (κ1) is 18.8. The van der Waals surface area contributed by atoms with Crippen LogP contribution in [0.25, 0.3) is 0 Å². The van der Waals surface area contributed by atoms with Crippen molar-refractivity contribution in [1.29, 1.82) is 0 Å². The number of nitrogens with zero attached hydrogens (tertiary/aromatic N) is 2. The van der Waals surface area contributed by atoms with E-state index in [4.69, 9.17) is 15.2 Å². The van der Waals surface area contributed by atoms with Gasteiger partial charge in [-0.05, 0) is 12.8 Å². The van der Waals surface area contributed by atoms with E-state index in [1.54, 1.807) is 0 Å². The lowest BCUT2D eigenvalue weighted by molar-refractivity contribution is 0.0104. The average molecular weight is 366 g/mol. The summed E-state index contributed by atoms with van der Waals surface area (Å²) in [5.74, 6) is -0.489. The van der Waals surface area contributed by atoms with Gasteiger partial charge >= 0.3 is 5.69 Å². The van der Waals surface area contributed by atoms with E-state index in [9.17, 15) is 14.4 Å². The summed E-state index contributed by atoms with van der Waals surface area (Å²) in [5, 5.41) is 0. The summed E-state index contributed by atoms with van der Waals surface area (Å²) in [6, 6.07) is 0. The number of anilines is 1. The molecule has 26 heavy (non-hydrogen) atoms. The second-order valence-corrected chi connectivity index (χ2v) is 7.20. The normalized spacial score (nSPS) is 19.9. The van der Waals surface area contributed by atoms with Crippen molar-refractivity contribution in [2.45, 2.75) is 25.8 Å². The van der Waals surface area contributed by atoms with Gasteiger partial charge in [-0.3, -0.25) is 24.0 Å². The van der Waals surface area contributed by atoms with E-state index in [0.717, 1.165) is 30.6 Å². The van der Waals surface area contributed by atoms with Crippen LogP contribution in [0.1, 0.15) is 29.6 Å². The molecular weight excluding hydrogens is 340 g/mol. The summed E-state index contributed by atoms with van der Waals surface area (Å²) in [5.41, 5.74) is 4.57. The van der Waals surface area contributed by atoms with Gasteiger partial charge in [-0.2, -0.15) is 0 Å². The fraction of sp³-hybridized carbons (Fsp3) is 0.706. The maximum absolute atomic E-state index is 12.8. The highest BCUT2D eigenvalue weighted by Gasteiger charge is 2.40. The number of ether oxygens (including phenoxy) is 2. The number of nitrogens with one attached hydrogen (secondary N) is 1. The molecule has 0 unspecified atom stereocenters. The van der Waals surface area contributed by atoms with Crippen molar-refractivity contribution in [3.8, 4) is 0 Å². The molecule has 0 bridgehead atoms. The number of Topliss-reactive ketones (excluding diaryl/α,β-unsaturated/α-hetero) is 1. The van der Waals surface area contributed by atoms with Gasteiger partial charge in [0.05, 0.1) is 32.9 Å². The van der Waals surface area contributed by atoms with Crippen LogP contribution in [0.3, 0.4) is 0 Å². The average Bonchev–Trinajstić information content (AvgIpc) is 2.77. The molecule has 144 valence electrons. The van der Waals surface area contributed by atoms with E-state index < -0.39 is 11.2 Å². The summed E-state index contributed by atoms with van der Waals surface area (Å²) in [7, 11) is 1.50. The smallest absolute Gasteiger partial charge is 0.330 e. The van der Waals surface area contributed by atoms with Gasteiger partial charge in [-0.15, -0.1) is 0 Å². The van der Waals surface area contributed by atoms with Gasteiger partial charge in [0.2, 0.25) is 0 Å². The maximum atomic E-state index is 12.8. The first-order valence-electron chi connectivity index (χ1n) is 8.91. The van der Waals surface area contributed by atoms with E-state index in [2.05, 4.69) is 4.98 Å². The molecule has 1 aliphatic heterocycles. The zero-order valence-electron chi connectivity index (χ0n) is 15.1. The largest absolute Gasteiger partial charge is 0.384 e. The Balaban J connectivity index is 1.80. The molecule has 1 spiro atoms. The molecule has 1 aromatic rings. The predicted molar refractivity (Wildman–Crippen MR) is 95.5 cm³/mol. The molecule has 0 aromatic carbocycles. The Kier molecular flexibility index (Phi) is 5.59. The number of nitrogen functional groups attached to an aromatic ring is 1. The Bertz CT molecular complexity index is 780. The van der Waals surface area contributed by atoms with Crippen LogP contribution in [0.5, 0.6) is 0 Å². The van der Waals surface area contributed by atoms with Crippen LogP contribution in [0.4, 0.5) is 5.82 Å². The summed E-state index contributed by atoms with van der Waals surface area (Å²) < 4.78 is 11.8. The number of hydrogen-bond donors (Lipinski definition) is 2. The topological polar surface area (TPSA) is 120 Å². The molecule has 9 nitrogen and oxygen atoms in total. The molecule has 2 heterocycles. The highest BCUT2D eigenvalue weighted by Crippen LogP contribution is 2.42. The Hall–Kier alpha value is -1.97. The minimum Gasteiger partial charge on any atom is -0.384 e. The molecule has 2 fully saturated rings. The zero-order chi connectivity index (χ0) is 18.7. The number of aromatic amines is 1. The van der Waals surface area contributed by atoms with Gasteiger partial charge in [0.15, 0.2) is 5.78 Å². The molecule has 1 saturated heterocycles. The molecule has 3 N–H and O–H groups in total. The van der Waals surface area contributed by atoms with Crippen LogP contribution in [0.2, 0.25) is 0 Å². The highest BCUT2D eigenvalue weighted by atomic mass is 16.5. The van der Waals surface area contributed by atoms with E-state index in [1.165, 1.54) is 13.5 Å². The minimum absolute atomic E-state index is 0.0842. The number of aromatic nitrogens is 2. The van der Waals surface area contributed by atoms with Gasteiger partial charge in [0.25, 0.3) is 5.56 Å². The standard InChI is InChI=1S/C17H26N4O5/c1-25-7-6-21-14(18)13(15(23)19-16(21)24)12(22)9-20-5-8-26-11-17(10-20)3-2-4-17/h2-11,18H2,1H3,(H,19,23,24). The summed E-state index contributed by atoms with van der Waals surface area (Å²) in [4.78, 5) is 41.1. The Morgan fingerprint density at radius 2 is 2.15 bits per heavy atom. The van der Waals surface area contributed by atoms with Crippen molar-refractivity contribution < 1.29 is 14.3 Å². The van der Waals surface area contributed by atoms with Gasteiger partial charge < -0.3 is 15.2 Å². The fourth-order valence-electron chi connectivity index (χ4n) is 3.74. The number of H-pyrrole nitrogens is 1. The minimum atomic E-state index is -0.740. The lowest BCUT2D eigenvalue weighted by Crippen LogP contribution is -2.45. The van der Waals surface area contributed by atoms with Gasteiger partial charge in [0, 0.05) is 25.6 Å². The van der Waals surface area contributed by atoms with Crippen molar-refractivity contribution in [3.05, 3.63) is 26.4 Å². The summed E-state index contributed by atoms with van der Waals surface area (Å²) in [6.07, 6.45) is 3.38. The third-order valence-electron chi connectivity index (χ3n) is 5.34. The van der Waals surface area contributed by atoms with Crippen LogP contribution < -0.4 is 17.0 Å². The van der Waals surface area contributed by atoms with Crippen molar-refractivity contribution in [2.24, 2.45) is 5.41 Å². The number of nitrogens with two attached hydrogens (primary N) is 1. The van der Waals surface area contributed by atoms with Gasteiger partial charge in [-0.1, -0.05) is 6.42 Å². The number of ketones is 1. The number of carbonyl (C=O) groups excluding carboxylic acids is 1. The fourth-order valence-corrected chi connectivity index (χ4v) is 3.74. The molecular formula is C17H26N4O5. The van der Waals surface area contributed by atoms with Crippen molar-refractivity contribution >= 4 is 11.6 Å². The third-order valence-corrected chi connectivity index (χ3v) is 5.34. The lowest BCUT2D eigenvalue weighted by atomic mass is 9.69. The number of carbonyl (C=O) groups is 1. The van der Waals surface area contributed by atoms with E-state index in [0.29, 0.717) is 13.2 Å². The molecule has 1 saturated carbocycles. The Labute approximate surface area is 151 Å². The third kappa shape index (κ3) is 3.74. The number of methoxy groups -OCH3 is 1. The monoisotopic (exact) mass is 366 g/mol. The first-order valence-corrected chi connectivity index (χ1v) is 8.91. The van der Waals surface area contributed by atoms with Crippen molar-refractivity contribution in [2.75, 3.05) is 52.3 Å². The molecule has 1 aromatic heterocycles. The van der Waals surface area contributed by atoms with Crippen molar-refractivity contribution in [3.63, 3.8) is 0 Å². The molecule has 9 heteroatoms. The highest BCUT2D eigenvalue weighted by molar-refractivity contribution is 6.01. The number of hydrogen-bond acceptors (Lipinski definition) is 7. The Morgan fingerprint density at radius 1 is 1.38 bits per heavy atom. The van der Waals surface area contributed by atoms with Crippen molar-refractivity contribution in [1.82, 2.24) is 14.5 Å². The second kappa shape index (κ2) is 7.73. The lowest BCUT2D eigenvalue weighted by Gasteiger charge is -2.42. The van der Waals surface area contributed by atoms with Crippen LogP contribution in [0.15, 0.2) is 9.59 Å². The molecule has 0 radical (unpaired) electrons. The summed E-state index contributed by atoms with van der Waals surface area (Å²) >= 11 is 0. The van der Waals surface area contributed by atoms with Crippen LogP contribution >= 0.6 is 0 Å². The predicted octanol–water partition coefficient (Wildman–Crippen LogP) is -0.550. The first-order chi connectivity index (χ1) is 12.5. The van der Waals surface area contributed by atoms with Crippen LogP contribution in [-0.2, 0) is 16.0 Å². The summed E-state index contributed by atoms with van der Waals surface area (Å²) in [6.45, 7) is 3.19. The molecule has 1 aliphatic carbocycles. The van der Waals surface area contributed by atoms with Crippen LogP contribution in [0, 0.1) is 5.41 Å². The second-order valence-electron chi connectivity index (χ2n) is 7.20. The van der Waals surface area contributed by atoms with Gasteiger partial charge in [-0.25, -0.2) is 4.79 Å².